The number of hydrogen-bond acceptors (Lipinski definition) is 4. The summed E-state index contributed by atoms with van der Waals surface area (Å²) in [4.78, 5) is 24.0. The van der Waals surface area contributed by atoms with Crippen LogP contribution < -0.4 is 15.4 Å². The van der Waals surface area contributed by atoms with Crippen molar-refractivity contribution < 1.29 is 19.1 Å². The molecule has 0 bridgehead atoms. The minimum absolute atomic E-state index is 0.0229. The fraction of sp³-hybridized carbons (Fsp3) is 0.500. The maximum Gasteiger partial charge on any atom is 0.313 e. The van der Waals surface area contributed by atoms with E-state index in [1.165, 1.54) is 7.11 Å². The van der Waals surface area contributed by atoms with Crippen molar-refractivity contribution in [1.29, 1.82) is 0 Å². The van der Waals surface area contributed by atoms with Gasteiger partial charge in [-0.2, -0.15) is 0 Å². The van der Waals surface area contributed by atoms with Crippen molar-refractivity contribution in [3.8, 4) is 5.75 Å². The Morgan fingerprint density at radius 3 is 2.77 bits per heavy atom. The molecule has 0 radical (unpaired) electrons. The van der Waals surface area contributed by atoms with Crippen molar-refractivity contribution in [2.75, 3.05) is 19.0 Å². The third kappa shape index (κ3) is 3.98. The number of nitrogens with one attached hydrogen (secondary N) is 2. The summed E-state index contributed by atoms with van der Waals surface area (Å²) in [7, 11) is 1.51. The highest BCUT2D eigenvalue weighted by molar-refractivity contribution is 6.39. The predicted octanol–water partition coefficient (Wildman–Crippen LogP) is 1.63. The molecule has 0 aromatic heterocycles. The fourth-order valence-corrected chi connectivity index (χ4v) is 2.46. The molecule has 2 N–H and O–H groups in total. The number of hydrogen-bond donors (Lipinski definition) is 2. The van der Waals surface area contributed by atoms with Crippen molar-refractivity contribution >= 4 is 17.5 Å². The van der Waals surface area contributed by atoms with E-state index in [9.17, 15) is 9.59 Å². The molecule has 2 atom stereocenters. The molecular formula is C16H22N2O4. The molecular weight excluding hydrogens is 284 g/mol. The third-order valence-electron chi connectivity index (χ3n) is 3.69. The second-order valence-corrected chi connectivity index (χ2v) is 5.47. The van der Waals surface area contributed by atoms with Crippen molar-refractivity contribution in [3.05, 3.63) is 23.8 Å². The molecule has 0 aliphatic carbocycles. The van der Waals surface area contributed by atoms with Gasteiger partial charge in [-0.1, -0.05) is 6.07 Å². The first kappa shape index (κ1) is 16.3. The van der Waals surface area contributed by atoms with Crippen LogP contribution in [0.3, 0.4) is 0 Å². The first-order valence-corrected chi connectivity index (χ1v) is 7.39. The van der Waals surface area contributed by atoms with Gasteiger partial charge in [0.25, 0.3) is 0 Å². The summed E-state index contributed by atoms with van der Waals surface area (Å²) in [6, 6.07) is 5.18. The summed E-state index contributed by atoms with van der Waals surface area (Å²) in [5, 5.41) is 5.26. The minimum atomic E-state index is -0.714. The summed E-state index contributed by atoms with van der Waals surface area (Å²) >= 11 is 0. The van der Waals surface area contributed by atoms with Crippen molar-refractivity contribution in [2.24, 2.45) is 0 Å². The number of methoxy groups -OCH3 is 1. The molecule has 2 rings (SSSR count). The molecule has 1 aromatic carbocycles. The molecule has 2 amide bonds. The lowest BCUT2D eigenvalue weighted by atomic mass is 10.1. The van der Waals surface area contributed by atoms with Crippen LogP contribution in [0.15, 0.2) is 18.2 Å². The third-order valence-corrected chi connectivity index (χ3v) is 3.69. The zero-order valence-electron chi connectivity index (χ0n) is 13.1. The normalized spacial score (nSPS) is 18.6. The van der Waals surface area contributed by atoms with E-state index in [0.717, 1.165) is 18.4 Å². The van der Waals surface area contributed by atoms with E-state index in [1.807, 2.05) is 19.9 Å². The van der Waals surface area contributed by atoms with Gasteiger partial charge in [-0.3, -0.25) is 9.59 Å². The van der Waals surface area contributed by atoms with Gasteiger partial charge in [0.1, 0.15) is 5.75 Å². The highest BCUT2D eigenvalue weighted by Gasteiger charge is 2.26. The molecule has 1 aliphatic heterocycles. The predicted molar refractivity (Wildman–Crippen MR) is 82.9 cm³/mol. The molecule has 1 fully saturated rings. The van der Waals surface area contributed by atoms with Gasteiger partial charge in [0.2, 0.25) is 0 Å². The molecule has 1 aromatic rings. The van der Waals surface area contributed by atoms with Gasteiger partial charge in [0, 0.05) is 6.61 Å². The van der Waals surface area contributed by atoms with Crippen molar-refractivity contribution in [2.45, 2.75) is 38.8 Å². The van der Waals surface area contributed by atoms with Gasteiger partial charge in [-0.15, -0.1) is 0 Å². The van der Waals surface area contributed by atoms with E-state index < -0.39 is 11.8 Å². The molecule has 6 heteroatoms. The van der Waals surface area contributed by atoms with Crippen LogP contribution in [0.25, 0.3) is 0 Å². The van der Waals surface area contributed by atoms with Gasteiger partial charge in [0.05, 0.1) is 24.9 Å². The molecule has 120 valence electrons. The lowest BCUT2D eigenvalue weighted by molar-refractivity contribution is -0.137. The zero-order chi connectivity index (χ0) is 16.1. The summed E-state index contributed by atoms with van der Waals surface area (Å²) < 4.78 is 10.7. The number of anilines is 1. The van der Waals surface area contributed by atoms with Crippen LogP contribution in [0.1, 0.15) is 25.3 Å². The van der Waals surface area contributed by atoms with Crippen LogP contribution in [0, 0.1) is 6.92 Å². The topological polar surface area (TPSA) is 76.7 Å². The Hall–Kier alpha value is -2.08. The molecule has 1 heterocycles. The van der Waals surface area contributed by atoms with E-state index in [0.29, 0.717) is 18.0 Å². The van der Waals surface area contributed by atoms with Gasteiger partial charge in [-0.05, 0) is 44.4 Å². The molecule has 0 spiro atoms. The lowest BCUT2D eigenvalue weighted by Gasteiger charge is -2.19. The maximum absolute atomic E-state index is 12.0. The number of benzene rings is 1. The zero-order valence-corrected chi connectivity index (χ0v) is 13.1. The number of rotatable bonds is 4. The standard InChI is InChI=1S/C16H22N2O4/c1-10-6-7-14(21-3)12(9-10)18-16(20)15(19)17-11(2)13-5-4-8-22-13/h6-7,9,11,13H,4-5,8H2,1-3H3,(H,17,19)(H,18,20). The largest absolute Gasteiger partial charge is 0.495 e. The van der Waals surface area contributed by atoms with E-state index >= 15 is 0 Å². The minimum Gasteiger partial charge on any atom is -0.495 e. The highest BCUT2D eigenvalue weighted by atomic mass is 16.5. The van der Waals surface area contributed by atoms with E-state index in [2.05, 4.69) is 10.6 Å². The van der Waals surface area contributed by atoms with Gasteiger partial charge in [0.15, 0.2) is 0 Å². The summed E-state index contributed by atoms with van der Waals surface area (Å²) in [6.45, 7) is 4.45. The summed E-state index contributed by atoms with van der Waals surface area (Å²) in [5.74, 6) is -0.876. The Morgan fingerprint density at radius 1 is 1.36 bits per heavy atom. The van der Waals surface area contributed by atoms with Crippen LogP contribution in [-0.4, -0.2) is 37.7 Å². The molecule has 1 aliphatic rings. The Labute approximate surface area is 130 Å². The summed E-state index contributed by atoms with van der Waals surface area (Å²) in [5.41, 5.74) is 1.44. The quantitative estimate of drug-likeness (QED) is 0.829. The summed E-state index contributed by atoms with van der Waals surface area (Å²) in [6.07, 6.45) is 1.86. The Morgan fingerprint density at radius 2 is 2.14 bits per heavy atom. The Bertz CT molecular complexity index is 553. The van der Waals surface area contributed by atoms with Gasteiger partial charge >= 0.3 is 11.8 Å². The van der Waals surface area contributed by atoms with E-state index in [4.69, 9.17) is 9.47 Å². The number of carbonyl (C=O) groups excluding carboxylic acids is 2. The van der Waals surface area contributed by atoms with Gasteiger partial charge in [-0.25, -0.2) is 0 Å². The number of carbonyl (C=O) groups is 2. The maximum atomic E-state index is 12.0. The molecule has 22 heavy (non-hydrogen) atoms. The van der Waals surface area contributed by atoms with E-state index in [1.54, 1.807) is 12.1 Å². The monoisotopic (exact) mass is 306 g/mol. The van der Waals surface area contributed by atoms with Crippen LogP contribution in [0.2, 0.25) is 0 Å². The SMILES string of the molecule is COc1ccc(C)cc1NC(=O)C(=O)NC(C)C1CCCO1. The average Bonchev–Trinajstić information content (AvgIpc) is 3.01. The lowest BCUT2D eigenvalue weighted by Crippen LogP contribution is -2.45. The second kappa shape index (κ2) is 7.26. The Balaban J connectivity index is 1.96. The number of amides is 2. The van der Waals surface area contributed by atoms with Crippen molar-refractivity contribution in [1.82, 2.24) is 5.32 Å². The number of ether oxygens (including phenoxy) is 2. The van der Waals surface area contributed by atoms with Crippen LogP contribution in [0.5, 0.6) is 5.75 Å². The van der Waals surface area contributed by atoms with Crippen LogP contribution in [-0.2, 0) is 14.3 Å². The van der Waals surface area contributed by atoms with Gasteiger partial charge < -0.3 is 20.1 Å². The van der Waals surface area contributed by atoms with Crippen LogP contribution >= 0.6 is 0 Å². The highest BCUT2D eigenvalue weighted by Crippen LogP contribution is 2.25. The van der Waals surface area contributed by atoms with Crippen LogP contribution in [0.4, 0.5) is 5.69 Å². The first-order chi connectivity index (χ1) is 10.5. The Kier molecular flexibility index (Phi) is 5.38. The molecule has 0 saturated carbocycles. The molecule has 6 nitrogen and oxygen atoms in total. The molecule has 1 saturated heterocycles. The van der Waals surface area contributed by atoms with Crippen molar-refractivity contribution in [3.63, 3.8) is 0 Å². The fourth-order valence-electron chi connectivity index (χ4n) is 2.46. The average molecular weight is 306 g/mol. The smallest absolute Gasteiger partial charge is 0.313 e. The first-order valence-electron chi connectivity index (χ1n) is 7.39. The van der Waals surface area contributed by atoms with E-state index in [-0.39, 0.29) is 12.1 Å². The second-order valence-electron chi connectivity index (χ2n) is 5.47. The molecule has 2 unspecified atom stereocenters. The number of aryl methyl sites for hydroxylation is 1.